The van der Waals surface area contributed by atoms with Gasteiger partial charge in [0.25, 0.3) is 0 Å². The number of sulfone groups is 1. The SMILES string of the molecule is CCOc1cccc(C(N)c2ccc(S(C)(=O)=O)cc2)c1. The predicted octanol–water partition coefficient (Wildman–Crippen LogP) is 2.54. The van der Waals surface area contributed by atoms with E-state index in [-0.39, 0.29) is 6.04 Å². The van der Waals surface area contributed by atoms with Crippen molar-refractivity contribution in [2.45, 2.75) is 17.9 Å². The fraction of sp³-hybridized carbons (Fsp3) is 0.250. The summed E-state index contributed by atoms with van der Waals surface area (Å²) < 4.78 is 28.4. The molecule has 0 aliphatic heterocycles. The van der Waals surface area contributed by atoms with Gasteiger partial charge < -0.3 is 10.5 Å². The first-order chi connectivity index (χ1) is 9.91. The molecule has 0 saturated heterocycles. The Morgan fingerprint density at radius 3 is 2.33 bits per heavy atom. The molecule has 112 valence electrons. The Balaban J connectivity index is 2.27. The van der Waals surface area contributed by atoms with Gasteiger partial charge in [0.15, 0.2) is 9.84 Å². The van der Waals surface area contributed by atoms with Gasteiger partial charge in [-0.25, -0.2) is 8.42 Å². The Hall–Kier alpha value is -1.85. The molecular formula is C16H19NO3S. The first-order valence-corrected chi connectivity index (χ1v) is 8.59. The predicted molar refractivity (Wildman–Crippen MR) is 83.2 cm³/mol. The minimum absolute atomic E-state index is 0.293. The zero-order valence-electron chi connectivity index (χ0n) is 12.1. The maximum atomic E-state index is 11.5. The lowest BCUT2D eigenvalue weighted by atomic mass is 9.99. The molecule has 5 heteroatoms. The number of ether oxygens (including phenoxy) is 1. The average Bonchev–Trinajstić information content (AvgIpc) is 2.46. The molecule has 4 nitrogen and oxygen atoms in total. The summed E-state index contributed by atoms with van der Waals surface area (Å²) in [6.45, 7) is 2.53. The zero-order chi connectivity index (χ0) is 15.5. The highest BCUT2D eigenvalue weighted by molar-refractivity contribution is 7.90. The summed E-state index contributed by atoms with van der Waals surface area (Å²) in [5.74, 6) is 0.776. The molecule has 2 aromatic rings. The second-order valence-electron chi connectivity index (χ2n) is 4.82. The summed E-state index contributed by atoms with van der Waals surface area (Å²) in [5, 5.41) is 0. The molecule has 1 unspecified atom stereocenters. The van der Waals surface area contributed by atoms with Crippen molar-refractivity contribution in [3.63, 3.8) is 0 Å². The van der Waals surface area contributed by atoms with Crippen LogP contribution in [-0.4, -0.2) is 21.3 Å². The largest absolute Gasteiger partial charge is 0.494 e. The fourth-order valence-corrected chi connectivity index (χ4v) is 2.71. The van der Waals surface area contributed by atoms with Crippen molar-refractivity contribution in [3.05, 3.63) is 59.7 Å². The Bertz CT molecular complexity index is 709. The van der Waals surface area contributed by atoms with E-state index in [1.165, 1.54) is 6.26 Å². The smallest absolute Gasteiger partial charge is 0.175 e. The quantitative estimate of drug-likeness (QED) is 0.921. The van der Waals surface area contributed by atoms with E-state index in [1.54, 1.807) is 24.3 Å². The van der Waals surface area contributed by atoms with Crippen LogP contribution in [0.5, 0.6) is 5.75 Å². The summed E-state index contributed by atoms with van der Waals surface area (Å²) in [7, 11) is -3.18. The van der Waals surface area contributed by atoms with Gasteiger partial charge in [-0.2, -0.15) is 0 Å². The lowest BCUT2D eigenvalue weighted by Gasteiger charge is -2.14. The Kier molecular flexibility index (Phi) is 4.65. The Morgan fingerprint density at radius 1 is 1.10 bits per heavy atom. The monoisotopic (exact) mass is 305 g/mol. The van der Waals surface area contributed by atoms with Crippen LogP contribution >= 0.6 is 0 Å². The summed E-state index contributed by atoms with van der Waals surface area (Å²) in [6, 6.07) is 13.9. The van der Waals surface area contributed by atoms with Crippen molar-refractivity contribution in [2.24, 2.45) is 5.73 Å². The number of benzene rings is 2. The van der Waals surface area contributed by atoms with E-state index in [0.29, 0.717) is 11.5 Å². The number of nitrogens with two attached hydrogens (primary N) is 1. The van der Waals surface area contributed by atoms with Crippen LogP contribution in [0.1, 0.15) is 24.1 Å². The van der Waals surface area contributed by atoms with Crippen molar-refractivity contribution < 1.29 is 13.2 Å². The number of hydrogen-bond acceptors (Lipinski definition) is 4. The highest BCUT2D eigenvalue weighted by Gasteiger charge is 2.12. The summed E-state index contributed by atoms with van der Waals surface area (Å²) >= 11 is 0. The summed E-state index contributed by atoms with van der Waals surface area (Å²) in [5.41, 5.74) is 8.02. The van der Waals surface area contributed by atoms with Crippen LogP contribution in [0.3, 0.4) is 0 Å². The van der Waals surface area contributed by atoms with Crippen molar-refractivity contribution in [1.82, 2.24) is 0 Å². The minimum atomic E-state index is -3.18. The molecule has 21 heavy (non-hydrogen) atoms. The van der Waals surface area contributed by atoms with E-state index in [1.807, 2.05) is 31.2 Å². The molecule has 0 aromatic heterocycles. The molecule has 0 amide bonds. The highest BCUT2D eigenvalue weighted by atomic mass is 32.2. The molecule has 0 radical (unpaired) electrons. The summed E-state index contributed by atoms with van der Waals surface area (Å²) in [6.07, 6.45) is 1.19. The van der Waals surface area contributed by atoms with Crippen molar-refractivity contribution in [1.29, 1.82) is 0 Å². The van der Waals surface area contributed by atoms with Crippen molar-refractivity contribution in [3.8, 4) is 5.75 Å². The van der Waals surface area contributed by atoms with E-state index in [0.717, 1.165) is 16.9 Å². The topological polar surface area (TPSA) is 69.4 Å². The number of hydrogen-bond donors (Lipinski definition) is 1. The second-order valence-corrected chi connectivity index (χ2v) is 6.84. The molecule has 1 atom stereocenters. The van der Waals surface area contributed by atoms with E-state index < -0.39 is 9.84 Å². The third-order valence-electron chi connectivity index (χ3n) is 3.20. The molecule has 2 N–H and O–H groups in total. The van der Waals surface area contributed by atoms with Crippen LogP contribution in [0.4, 0.5) is 0 Å². The standard InChI is InChI=1S/C16H19NO3S/c1-3-20-14-6-4-5-13(11-14)16(17)12-7-9-15(10-8-12)21(2,18)19/h4-11,16H,3,17H2,1-2H3. The van der Waals surface area contributed by atoms with Crippen LogP contribution in [0.25, 0.3) is 0 Å². The molecule has 0 aliphatic carbocycles. The second kappa shape index (κ2) is 6.28. The zero-order valence-corrected chi connectivity index (χ0v) is 12.9. The van der Waals surface area contributed by atoms with Gasteiger partial charge in [0.05, 0.1) is 17.5 Å². The lowest BCUT2D eigenvalue weighted by Crippen LogP contribution is -2.12. The highest BCUT2D eigenvalue weighted by Crippen LogP contribution is 2.24. The van der Waals surface area contributed by atoms with Gasteiger partial charge in [0.2, 0.25) is 0 Å². The van der Waals surface area contributed by atoms with E-state index in [4.69, 9.17) is 10.5 Å². The van der Waals surface area contributed by atoms with Gasteiger partial charge in [-0.1, -0.05) is 24.3 Å². The van der Waals surface area contributed by atoms with Gasteiger partial charge in [-0.15, -0.1) is 0 Å². The summed E-state index contributed by atoms with van der Waals surface area (Å²) in [4.78, 5) is 0.293. The van der Waals surface area contributed by atoms with E-state index >= 15 is 0 Å². The molecule has 0 heterocycles. The molecule has 0 bridgehead atoms. The first-order valence-electron chi connectivity index (χ1n) is 6.70. The van der Waals surface area contributed by atoms with Crippen molar-refractivity contribution in [2.75, 3.05) is 12.9 Å². The van der Waals surface area contributed by atoms with Gasteiger partial charge in [0, 0.05) is 6.26 Å². The van der Waals surface area contributed by atoms with Crippen LogP contribution < -0.4 is 10.5 Å². The molecule has 2 aromatic carbocycles. The van der Waals surface area contributed by atoms with Crippen LogP contribution in [-0.2, 0) is 9.84 Å². The van der Waals surface area contributed by atoms with Crippen LogP contribution in [0, 0.1) is 0 Å². The van der Waals surface area contributed by atoms with Gasteiger partial charge >= 0.3 is 0 Å². The third kappa shape index (κ3) is 3.83. The third-order valence-corrected chi connectivity index (χ3v) is 4.32. The molecule has 2 rings (SSSR count). The minimum Gasteiger partial charge on any atom is -0.494 e. The normalized spacial score (nSPS) is 12.9. The van der Waals surface area contributed by atoms with Gasteiger partial charge in [0.1, 0.15) is 5.75 Å². The van der Waals surface area contributed by atoms with Crippen LogP contribution in [0.2, 0.25) is 0 Å². The fourth-order valence-electron chi connectivity index (χ4n) is 2.08. The molecule has 0 fully saturated rings. The molecule has 0 aliphatic rings. The molecule has 0 saturated carbocycles. The maximum Gasteiger partial charge on any atom is 0.175 e. The first kappa shape index (κ1) is 15.5. The van der Waals surface area contributed by atoms with E-state index in [2.05, 4.69) is 0 Å². The lowest BCUT2D eigenvalue weighted by molar-refractivity contribution is 0.340. The molecule has 0 spiro atoms. The number of rotatable bonds is 5. The molecular weight excluding hydrogens is 286 g/mol. The van der Waals surface area contributed by atoms with E-state index in [9.17, 15) is 8.42 Å². The van der Waals surface area contributed by atoms with Gasteiger partial charge in [-0.3, -0.25) is 0 Å². The van der Waals surface area contributed by atoms with Crippen LogP contribution in [0.15, 0.2) is 53.4 Å². The van der Waals surface area contributed by atoms with Gasteiger partial charge in [-0.05, 0) is 42.3 Å². The Labute approximate surface area is 125 Å². The average molecular weight is 305 g/mol. The maximum absolute atomic E-state index is 11.5. The Morgan fingerprint density at radius 2 is 1.76 bits per heavy atom. The van der Waals surface area contributed by atoms with Crippen molar-refractivity contribution >= 4 is 9.84 Å².